The third-order valence-electron chi connectivity index (χ3n) is 2.89. The van der Waals surface area contributed by atoms with Crippen LogP contribution in [-0.2, 0) is 14.8 Å². The predicted molar refractivity (Wildman–Crippen MR) is 76.7 cm³/mol. The number of anilines is 1. The van der Waals surface area contributed by atoms with E-state index in [9.17, 15) is 23.1 Å². The smallest absolute Gasteiger partial charge is 0.337 e. The van der Waals surface area contributed by atoms with Crippen molar-refractivity contribution in [2.75, 3.05) is 25.5 Å². The number of aromatic carboxylic acids is 1. The molecule has 0 saturated carbocycles. The minimum absolute atomic E-state index is 0.181. The van der Waals surface area contributed by atoms with Crippen LogP contribution in [0.15, 0.2) is 23.1 Å². The molecule has 0 aliphatic carbocycles. The second kappa shape index (κ2) is 6.55. The number of nitrogens with zero attached hydrogens (tertiary/aromatic N) is 1. The summed E-state index contributed by atoms with van der Waals surface area (Å²) in [6, 6.07) is 3.59. The Hall–Kier alpha value is -2.13. The molecule has 0 aliphatic rings. The van der Waals surface area contributed by atoms with Crippen molar-refractivity contribution in [1.29, 1.82) is 0 Å². The molecular formula is C12H17N3O5S. The van der Waals surface area contributed by atoms with Crippen LogP contribution < -0.4 is 15.4 Å². The topological polar surface area (TPSA) is 130 Å². The molecule has 0 radical (unpaired) electrons. The summed E-state index contributed by atoms with van der Waals surface area (Å²) >= 11 is 0. The minimum atomic E-state index is -3.98. The molecule has 0 saturated heterocycles. The van der Waals surface area contributed by atoms with Crippen molar-refractivity contribution in [3.63, 3.8) is 0 Å². The van der Waals surface area contributed by atoms with Crippen LogP contribution in [0.25, 0.3) is 0 Å². The van der Waals surface area contributed by atoms with Gasteiger partial charge in [0.1, 0.15) is 0 Å². The van der Waals surface area contributed by atoms with Gasteiger partial charge in [0.05, 0.1) is 16.1 Å². The van der Waals surface area contributed by atoms with Crippen molar-refractivity contribution in [2.24, 2.45) is 5.14 Å². The van der Waals surface area contributed by atoms with E-state index in [0.29, 0.717) is 5.69 Å². The van der Waals surface area contributed by atoms with Crippen molar-refractivity contribution in [2.45, 2.75) is 11.3 Å². The number of amides is 1. The summed E-state index contributed by atoms with van der Waals surface area (Å²) in [5, 5.41) is 16.6. The van der Waals surface area contributed by atoms with Crippen molar-refractivity contribution >= 4 is 27.6 Å². The normalized spacial score (nSPS) is 11.0. The van der Waals surface area contributed by atoms with Gasteiger partial charge in [-0.2, -0.15) is 0 Å². The predicted octanol–water partition coefficient (Wildman–Crippen LogP) is -0.395. The fourth-order valence-corrected chi connectivity index (χ4v) is 2.25. The molecular weight excluding hydrogens is 298 g/mol. The molecule has 0 aliphatic heterocycles. The molecule has 0 atom stereocenters. The third kappa shape index (κ3) is 4.43. The SMILES string of the molecule is CNC(=O)CCN(C)c1ccc(S(N)(=O)=O)cc1C(=O)O. The Bertz CT molecular complexity index is 657. The van der Waals surface area contributed by atoms with Gasteiger partial charge in [-0.15, -0.1) is 0 Å². The van der Waals surface area contributed by atoms with E-state index in [1.807, 2.05) is 0 Å². The van der Waals surface area contributed by atoms with Gasteiger partial charge in [0, 0.05) is 27.1 Å². The maximum Gasteiger partial charge on any atom is 0.337 e. The van der Waals surface area contributed by atoms with Crippen LogP contribution in [0.4, 0.5) is 5.69 Å². The molecule has 1 aromatic carbocycles. The number of nitrogens with two attached hydrogens (primary N) is 1. The first-order chi connectivity index (χ1) is 9.66. The Morgan fingerprint density at radius 2 is 2.00 bits per heavy atom. The standard InChI is InChI=1S/C12H17N3O5S/c1-14-11(16)5-6-15(2)10-4-3-8(21(13,19)20)7-9(10)12(17)18/h3-4,7H,5-6H2,1-2H3,(H,14,16)(H,17,18)(H2,13,19,20). The summed E-state index contributed by atoms with van der Waals surface area (Å²) < 4.78 is 22.5. The summed E-state index contributed by atoms with van der Waals surface area (Å²) in [5.41, 5.74) is 0.111. The first kappa shape index (κ1) is 16.9. The van der Waals surface area contributed by atoms with Crippen LogP contribution in [0, 0.1) is 0 Å². The molecule has 21 heavy (non-hydrogen) atoms. The number of hydrogen-bond donors (Lipinski definition) is 3. The molecule has 0 heterocycles. The summed E-state index contributed by atoms with van der Waals surface area (Å²) in [5.74, 6) is -1.46. The van der Waals surface area contributed by atoms with E-state index in [1.54, 1.807) is 11.9 Å². The molecule has 0 bridgehead atoms. The van der Waals surface area contributed by atoms with Gasteiger partial charge >= 0.3 is 5.97 Å². The number of carbonyl (C=O) groups excluding carboxylic acids is 1. The zero-order chi connectivity index (χ0) is 16.2. The number of carboxylic acid groups (broad SMARTS) is 1. The average Bonchev–Trinajstić information content (AvgIpc) is 2.42. The van der Waals surface area contributed by atoms with Crippen LogP contribution >= 0.6 is 0 Å². The fraction of sp³-hybridized carbons (Fsp3) is 0.333. The summed E-state index contributed by atoms with van der Waals surface area (Å²) in [7, 11) is -0.859. The largest absolute Gasteiger partial charge is 0.478 e. The van der Waals surface area contributed by atoms with Gasteiger partial charge in [-0.25, -0.2) is 18.4 Å². The lowest BCUT2D eigenvalue weighted by Crippen LogP contribution is -2.27. The molecule has 1 amide bonds. The minimum Gasteiger partial charge on any atom is -0.478 e. The average molecular weight is 315 g/mol. The van der Waals surface area contributed by atoms with E-state index in [1.165, 1.54) is 19.2 Å². The second-order valence-electron chi connectivity index (χ2n) is 4.37. The van der Waals surface area contributed by atoms with Crippen LogP contribution in [0.5, 0.6) is 0 Å². The van der Waals surface area contributed by atoms with Crippen LogP contribution in [0.1, 0.15) is 16.8 Å². The number of hydrogen-bond acceptors (Lipinski definition) is 5. The molecule has 4 N–H and O–H groups in total. The lowest BCUT2D eigenvalue weighted by Gasteiger charge is -2.21. The zero-order valence-corrected chi connectivity index (χ0v) is 12.5. The van der Waals surface area contributed by atoms with E-state index in [4.69, 9.17) is 5.14 Å². The van der Waals surface area contributed by atoms with Crippen molar-refractivity contribution in [1.82, 2.24) is 5.32 Å². The third-order valence-corrected chi connectivity index (χ3v) is 3.80. The number of carbonyl (C=O) groups is 2. The van der Waals surface area contributed by atoms with Gasteiger partial charge in [0.2, 0.25) is 15.9 Å². The molecule has 0 spiro atoms. The maximum atomic E-state index is 11.3. The van der Waals surface area contributed by atoms with Gasteiger partial charge in [-0.3, -0.25) is 4.79 Å². The number of carboxylic acids is 1. The van der Waals surface area contributed by atoms with Gasteiger partial charge in [-0.05, 0) is 18.2 Å². The van der Waals surface area contributed by atoms with Crippen LogP contribution in [0.2, 0.25) is 0 Å². The number of benzene rings is 1. The molecule has 1 aromatic rings. The van der Waals surface area contributed by atoms with Gasteiger partial charge in [-0.1, -0.05) is 0 Å². The van der Waals surface area contributed by atoms with Gasteiger partial charge < -0.3 is 15.3 Å². The van der Waals surface area contributed by atoms with Gasteiger partial charge in [0.25, 0.3) is 0 Å². The highest BCUT2D eigenvalue weighted by Crippen LogP contribution is 2.23. The molecule has 1 rings (SSSR count). The summed E-state index contributed by atoms with van der Waals surface area (Å²) in [6.07, 6.45) is 0.184. The molecule has 0 fully saturated rings. The fourth-order valence-electron chi connectivity index (χ4n) is 1.71. The Morgan fingerprint density at radius 3 is 2.48 bits per heavy atom. The Morgan fingerprint density at radius 1 is 1.38 bits per heavy atom. The number of sulfonamides is 1. The monoisotopic (exact) mass is 315 g/mol. The van der Waals surface area contributed by atoms with E-state index in [0.717, 1.165) is 6.07 Å². The van der Waals surface area contributed by atoms with Crippen LogP contribution in [-0.4, -0.2) is 46.0 Å². The first-order valence-electron chi connectivity index (χ1n) is 5.98. The zero-order valence-electron chi connectivity index (χ0n) is 11.7. The highest BCUT2D eigenvalue weighted by atomic mass is 32.2. The van der Waals surface area contributed by atoms with E-state index in [2.05, 4.69) is 5.32 Å². The molecule has 116 valence electrons. The highest BCUT2D eigenvalue weighted by molar-refractivity contribution is 7.89. The second-order valence-corrected chi connectivity index (χ2v) is 5.94. The number of rotatable bonds is 6. The summed E-state index contributed by atoms with van der Waals surface area (Å²) in [4.78, 5) is 23.7. The van der Waals surface area contributed by atoms with Gasteiger partial charge in [0.15, 0.2) is 0 Å². The van der Waals surface area contributed by atoms with Crippen LogP contribution in [0.3, 0.4) is 0 Å². The number of primary sulfonamides is 1. The number of nitrogens with one attached hydrogen (secondary N) is 1. The van der Waals surface area contributed by atoms with E-state index in [-0.39, 0.29) is 29.3 Å². The lowest BCUT2D eigenvalue weighted by molar-refractivity contribution is -0.120. The molecule has 0 unspecified atom stereocenters. The lowest BCUT2D eigenvalue weighted by atomic mass is 10.1. The molecule has 9 heteroatoms. The van der Waals surface area contributed by atoms with Crippen molar-refractivity contribution < 1.29 is 23.1 Å². The molecule has 0 aromatic heterocycles. The van der Waals surface area contributed by atoms with Crippen molar-refractivity contribution in [3.8, 4) is 0 Å². The maximum absolute atomic E-state index is 11.3. The highest BCUT2D eigenvalue weighted by Gasteiger charge is 2.18. The quantitative estimate of drug-likeness (QED) is 0.655. The first-order valence-corrected chi connectivity index (χ1v) is 7.53. The Kier molecular flexibility index (Phi) is 5.28. The molecule has 8 nitrogen and oxygen atoms in total. The van der Waals surface area contributed by atoms with Crippen molar-refractivity contribution in [3.05, 3.63) is 23.8 Å². The van der Waals surface area contributed by atoms with E-state index < -0.39 is 16.0 Å². The van der Waals surface area contributed by atoms with E-state index >= 15 is 0 Å². The summed E-state index contributed by atoms with van der Waals surface area (Å²) in [6.45, 7) is 0.286. The Labute approximate surface area is 122 Å². The Balaban J connectivity index is 3.12.